The van der Waals surface area contributed by atoms with Crippen LogP contribution < -0.4 is 10.7 Å². The van der Waals surface area contributed by atoms with Crippen molar-refractivity contribution in [1.82, 2.24) is 15.0 Å². The van der Waals surface area contributed by atoms with E-state index in [1.165, 1.54) is 5.56 Å². The highest BCUT2D eigenvalue weighted by atomic mass is 35.5. The number of hydrazone groups is 1. The van der Waals surface area contributed by atoms with Gasteiger partial charge in [0, 0.05) is 10.7 Å². The van der Waals surface area contributed by atoms with Crippen LogP contribution in [0.15, 0.2) is 71.8 Å². The maximum Gasteiger partial charge on any atom is 0.248 e. The fraction of sp³-hybridized carbons (Fsp3) is 0.0435. The first-order chi connectivity index (χ1) is 15.5. The minimum Gasteiger partial charge on any atom is -0.324 e. The number of aromatic nitrogens is 3. The zero-order valence-electron chi connectivity index (χ0n) is 16.9. The Kier molecular flexibility index (Phi) is 6.85. The first-order valence-electron chi connectivity index (χ1n) is 9.57. The quantitative estimate of drug-likeness (QED) is 0.228. The van der Waals surface area contributed by atoms with Gasteiger partial charge in [0.05, 0.1) is 21.8 Å². The van der Waals surface area contributed by atoms with E-state index in [0.29, 0.717) is 32.4 Å². The van der Waals surface area contributed by atoms with Crippen LogP contribution in [0.4, 0.5) is 17.6 Å². The highest BCUT2D eigenvalue weighted by molar-refractivity contribution is 6.39. The van der Waals surface area contributed by atoms with Crippen molar-refractivity contribution in [2.24, 2.45) is 5.10 Å². The van der Waals surface area contributed by atoms with E-state index in [1.807, 2.05) is 43.3 Å². The SMILES string of the molecule is Cc1ccc(C=NNc2nc(Nc3ccc(Cl)cc3)nc(-c3c(Cl)cccc3Cl)n2)cc1. The van der Waals surface area contributed by atoms with E-state index in [4.69, 9.17) is 34.8 Å². The van der Waals surface area contributed by atoms with Crippen molar-refractivity contribution in [1.29, 1.82) is 0 Å². The van der Waals surface area contributed by atoms with Crippen molar-refractivity contribution < 1.29 is 0 Å². The molecule has 0 saturated carbocycles. The molecule has 0 saturated heterocycles. The molecule has 0 bridgehead atoms. The molecule has 0 aliphatic rings. The average Bonchev–Trinajstić information content (AvgIpc) is 2.77. The molecular formula is C23H17Cl3N6. The Labute approximate surface area is 200 Å². The number of hydrogen-bond acceptors (Lipinski definition) is 6. The van der Waals surface area contributed by atoms with Crippen LogP contribution in [0.3, 0.4) is 0 Å². The van der Waals surface area contributed by atoms with Crippen molar-refractivity contribution >= 4 is 58.6 Å². The summed E-state index contributed by atoms with van der Waals surface area (Å²) in [5, 5.41) is 8.86. The average molecular weight is 484 g/mol. The van der Waals surface area contributed by atoms with E-state index in [9.17, 15) is 0 Å². The normalized spacial score (nSPS) is 11.0. The summed E-state index contributed by atoms with van der Waals surface area (Å²) in [5.41, 5.74) is 6.22. The van der Waals surface area contributed by atoms with Gasteiger partial charge in [0.25, 0.3) is 0 Å². The predicted octanol–water partition coefficient (Wildman–Crippen LogP) is 7.00. The molecule has 160 valence electrons. The van der Waals surface area contributed by atoms with Gasteiger partial charge in [0.15, 0.2) is 5.82 Å². The number of anilines is 3. The molecular weight excluding hydrogens is 467 g/mol. The third-order valence-electron chi connectivity index (χ3n) is 4.38. The van der Waals surface area contributed by atoms with E-state index < -0.39 is 0 Å². The van der Waals surface area contributed by atoms with Gasteiger partial charge in [-0.05, 0) is 48.9 Å². The van der Waals surface area contributed by atoms with Crippen LogP contribution in [0.1, 0.15) is 11.1 Å². The van der Waals surface area contributed by atoms with Crippen molar-refractivity contribution in [3.63, 3.8) is 0 Å². The zero-order chi connectivity index (χ0) is 22.5. The number of nitrogens with one attached hydrogen (secondary N) is 2. The molecule has 0 fully saturated rings. The second-order valence-electron chi connectivity index (χ2n) is 6.82. The lowest BCUT2D eigenvalue weighted by molar-refractivity contribution is 1.04. The Hall–Kier alpha value is -3.19. The second-order valence-corrected chi connectivity index (χ2v) is 8.07. The Morgan fingerprint density at radius 2 is 1.44 bits per heavy atom. The molecule has 9 heteroatoms. The van der Waals surface area contributed by atoms with Crippen molar-refractivity contribution in [2.75, 3.05) is 10.7 Å². The van der Waals surface area contributed by atoms with Gasteiger partial charge in [-0.25, -0.2) is 5.43 Å². The van der Waals surface area contributed by atoms with E-state index >= 15 is 0 Å². The fourth-order valence-corrected chi connectivity index (χ4v) is 3.48. The number of nitrogens with zero attached hydrogens (tertiary/aromatic N) is 4. The van der Waals surface area contributed by atoms with Gasteiger partial charge in [-0.3, -0.25) is 0 Å². The number of halogens is 3. The third-order valence-corrected chi connectivity index (χ3v) is 5.26. The largest absolute Gasteiger partial charge is 0.324 e. The summed E-state index contributed by atoms with van der Waals surface area (Å²) in [6.07, 6.45) is 1.68. The Morgan fingerprint density at radius 3 is 2.12 bits per heavy atom. The lowest BCUT2D eigenvalue weighted by Crippen LogP contribution is -2.06. The number of benzene rings is 3. The van der Waals surface area contributed by atoms with Crippen LogP contribution in [0.5, 0.6) is 0 Å². The van der Waals surface area contributed by atoms with Gasteiger partial charge < -0.3 is 5.32 Å². The van der Waals surface area contributed by atoms with Gasteiger partial charge in [0.2, 0.25) is 11.9 Å². The Balaban J connectivity index is 1.68. The Bertz CT molecular complexity index is 1240. The van der Waals surface area contributed by atoms with E-state index in [1.54, 1.807) is 36.5 Å². The van der Waals surface area contributed by atoms with Crippen LogP contribution in [0.2, 0.25) is 15.1 Å². The summed E-state index contributed by atoms with van der Waals surface area (Å²) in [7, 11) is 0. The van der Waals surface area contributed by atoms with Crippen molar-refractivity contribution in [2.45, 2.75) is 6.92 Å². The lowest BCUT2D eigenvalue weighted by Gasteiger charge is -2.10. The number of rotatable bonds is 6. The summed E-state index contributed by atoms with van der Waals surface area (Å²) < 4.78 is 0. The standard InChI is InChI=1S/C23H17Cl3N6/c1-14-5-7-15(8-6-14)13-27-32-23-30-21(20-18(25)3-2-4-19(20)26)29-22(31-23)28-17-11-9-16(24)10-12-17/h2-13H,1H3,(H2,28,29,30,31,32). The van der Waals surface area contributed by atoms with Gasteiger partial charge in [-0.1, -0.05) is 70.7 Å². The van der Waals surface area contributed by atoms with Crippen LogP contribution in [-0.2, 0) is 0 Å². The molecule has 4 aromatic rings. The van der Waals surface area contributed by atoms with Crippen LogP contribution in [0, 0.1) is 6.92 Å². The molecule has 4 rings (SSSR count). The molecule has 1 aromatic heterocycles. The molecule has 32 heavy (non-hydrogen) atoms. The molecule has 1 heterocycles. The first kappa shape index (κ1) is 22.0. The van der Waals surface area contributed by atoms with Gasteiger partial charge in [-0.2, -0.15) is 20.1 Å². The molecule has 6 nitrogen and oxygen atoms in total. The maximum absolute atomic E-state index is 6.37. The van der Waals surface area contributed by atoms with Gasteiger partial charge in [-0.15, -0.1) is 0 Å². The van der Waals surface area contributed by atoms with Gasteiger partial charge >= 0.3 is 0 Å². The molecule has 0 unspecified atom stereocenters. The summed E-state index contributed by atoms with van der Waals surface area (Å²) in [4.78, 5) is 13.3. The van der Waals surface area contributed by atoms with Crippen molar-refractivity contribution in [3.05, 3.63) is 92.9 Å². The summed E-state index contributed by atoms with van der Waals surface area (Å²) in [6, 6.07) is 20.3. The smallest absolute Gasteiger partial charge is 0.248 e. The van der Waals surface area contributed by atoms with Gasteiger partial charge in [0.1, 0.15) is 0 Å². The molecule has 3 aromatic carbocycles. The van der Waals surface area contributed by atoms with Crippen LogP contribution >= 0.6 is 34.8 Å². The molecule has 0 amide bonds. The number of hydrogen-bond donors (Lipinski definition) is 2. The fourth-order valence-electron chi connectivity index (χ4n) is 2.78. The molecule has 0 spiro atoms. The molecule has 0 aliphatic heterocycles. The maximum atomic E-state index is 6.37. The molecule has 2 N–H and O–H groups in total. The minimum absolute atomic E-state index is 0.228. The summed E-state index contributed by atoms with van der Waals surface area (Å²) in [5.74, 6) is 0.826. The lowest BCUT2D eigenvalue weighted by atomic mass is 10.2. The summed E-state index contributed by atoms with van der Waals surface area (Å²) >= 11 is 18.7. The highest BCUT2D eigenvalue weighted by Crippen LogP contribution is 2.33. The van der Waals surface area contributed by atoms with E-state index in [0.717, 1.165) is 11.3 Å². The predicted molar refractivity (Wildman–Crippen MR) is 132 cm³/mol. The number of aryl methyl sites for hydroxylation is 1. The topological polar surface area (TPSA) is 75.1 Å². The third kappa shape index (κ3) is 5.53. The monoisotopic (exact) mass is 482 g/mol. The highest BCUT2D eigenvalue weighted by Gasteiger charge is 2.15. The van der Waals surface area contributed by atoms with Crippen LogP contribution in [0.25, 0.3) is 11.4 Å². The summed E-state index contributed by atoms with van der Waals surface area (Å²) in [6.45, 7) is 2.03. The second kappa shape index (κ2) is 9.96. The minimum atomic E-state index is 0.228. The Morgan fingerprint density at radius 1 is 0.781 bits per heavy atom. The molecule has 0 aliphatic carbocycles. The first-order valence-corrected chi connectivity index (χ1v) is 10.7. The zero-order valence-corrected chi connectivity index (χ0v) is 19.1. The van der Waals surface area contributed by atoms with Crippen molar-refractivity contribution in [3.8, 4) is 11.4 Å². The molecule has 0 radical (unpaired) electrons. The van der Waals surface area contributed by atoms with E-state index in [-0.39, 0.29) is 5.95 Å². The van der Waals surface area contributed by atoms with Crippen LogP contribution in [-0.4, -0.2) is 21.2 Å². The van der Waals surface area contributed by atoms with E-state index in [2.05, 4.69) is 30.8 Å². The molecule has 0 atom stereocenters.